The highest BCUT2D eigenvalue weighted by Crippen LogP contribution is 2.18. The van der Waals surface area contributed by atoms with Crippen LogP contribution in [0.1, 0.15) is 44.6 Å². The first kappa shape index (κ1) is 20.9. The van der Waals surface area contributed by atoms with Crippen LogP contribution in [-0.2, 0) is 11.3 Å². The lowest BCUT2D eigenvalue weighted by Crippen LogP contribution is -2.21. The summed E-state index contributed by atoms with van der Waals surface area (Å²) in [5, 5.41) is 13.4. The lowest BCUT2D eigenvalue weighted by atomic mass is 10.1. The molecule has 0 saturated carbocycles. The number of aryl methyl sites for hydroxylation is 2. The Bertz CT molecular complexity index is 1130. The molecule has 3 rings (SSSR count). The summed E-state index contributed by atoms with van der Waals surface area (Å²) < 4.78 is 1.36. The van der Waals surface area contributed by atoms with Crippen molar-refractivity contribution in [3.8, 4) is 0 Å². The lowest BCUT2D eigenvalue weighted by molar-refractivity contribution is -0.117. The van der Waals surface area contributed by atoms with Crippen molar-refractivity contribution in [2.24, 2.45) is 0 Å². The zero-order valence-electron chi connectivity index (χ0n) is 17.3. The average Bonchev–Trinajstić information content (AvgIpc) is 3.05. The number of benzene rings is 2. The fourth-order valence-corrected chi connectivity index (χ4v) is 2.92. The normalized spacial score (nSPS) is 10.5. The molecular weight excluding hydrogens is 382 g/mol. The molecule has 0 atom stereocenters. The molecule has 0 bridgehead atoms. The molecule has 0 saturated heterocycles. The minimum atomic E-state index is -0.387. The third-order valence-corrected chi connectivity index (χ3v) is 4.69. The molecule has 0 aliphatic carbocycles. The maximum Gasteiger partial charge on any atom is 0.278 e. The van der Waals surface area contributed by atoms with Crippen molar-refractivity contribution in [3.05, 3.63) is 70.5 Å². The van der Waals surface area contributed by atoms with Crippen LogP contribution >= 0.6 is 0 Å². The molecule has 0 aliphatic rings. The molecule has 2 N–H and O–H groups in total. The van der Waals surface area contributed by atoms with E-state index in [9.17, 15) is 14.4 Å². The first-order valence-electron chi connectivity index (χ1n) is 9.44. The summed E-state index contributed by atoms with van der Waals surface area (Å²) in [6, 6.07) is 12.5. The van der Waals surface area contributed by atoms with E-state index in [2.05, 4.69) is 20.9 Å². The van der Waals surface area contributed by atoms with Crippen LogP contribution in [0.15, 0.2) is 42.5 Å². The van der Waals surface area contributed by atoms with Gasteiger partial charge >= 0.3 is 0 Å². The van der Waals surface area contributed by atoms with Gasteiger partial charge in [0.25, 0.3) is 5.91 Å². The van der Waals surface area contributed by atoms with Crippen LogP contribution in [0.4, 0.5) is 11.4 Å². The number of hydrogen-bond acceptors (Lipinski definition) is 5. The predicted octanol–water partition coefficient (Wildman–Crippen LogP) is 3.30. The van der Waals surface area contributed by atoms with Gasteiger partial charge in [0.05, 0.1) is 5.69 Å². The average molecular weight is 405 g/mol. The van der Waals surface area contributed by atoms with Gasteiger partial charge in [0.2, 0.25) is 5.91 Å². The SMILES string of the molecule is CC(=O)c1cccc(NC(=O)Cn2nnc(C(=O)Nc3cc(C)ccc3C)c2C)c1. The first-order valence-corrected chi connectivity index (χ1v) is 9.44. The van der Waals surface area contributed by atoms with E-state index in [4.69, 9.17) is 0 Å². The van der Waals surface area contributed by atoms with Gasteiger partial charge in [0.1, 0.15) is 6.54 Å². The molecule has 8 heteroatoms. The molecule has 2 aromatic carbocycles. The fraction of sp³-hybridized carbons (Fsp3) is 0.227. The Labute approximate surface area is 174 Å². The maximum atomic E-state index is 12.6. The van der Waals surface area contributed by atoms with Gasteiger partial charge in [-0.3, -0.25) is 14.4 Å². The summed E-state index contributed by atoms with van der Waals surface area (Å²) >= 11 is 0. The van der Waals surface area contributed by atoms with Gasteiger partial charge in [0.15, 0.2) is 11.5 Å². The van der Waals surface area contributed by atoms with Crippen molar-refractivity contribution in [2.75, 3.05) is 10.6 Å². The Balaban J connectivity index is 1.69. The molecule has 0 radical (unpaired) electrons. The Morgan fingerprint density at radius 1 is 1.00 bits per heavy atom. The number of aromatic nitrogens is 3. The zero-order valence-corrected chi connectivity index (χ0v) is 17.3. The third-order valence-electron chi connectivity index (χ3n) is 4.69. The van der Waals surface area contributed by atoms with E-state index in [-0.39, 0.29) is 29.8 Å². The van der Waals surface area contributed by atoms with E-state index < -0.39 is 0 Å². The van der Waals surface area contributed by atoms with Gasteiger partial charge in [-0.05, 0) is 57.0 Å². The monoisotopic (exact) mass is 405 g/mol. The van der Waals surface area contributed by atoms with Crippen molar-refractivity contribution >= 4 is 29.0 Å². The first-order chi connectivity index (χ1) is 14.2. The van der Waals surface area contributed by atoms with Gasteiger partial charge in [-0.25, -0.2) is 4.68 Å². The second-order valence-corrected chi connectivity index (χ2v) is 7.14. The van der Waals surface area contributed by atoms with Crippen LogP contribution in [-0.4, -0.2) is 32.6 Å². The molecule has 0 fully saturated rings. The second-order valence-electron chi connectivity index (χ2n) is 7.14. The molecule has 0 spiro atoms. The molecule has 0 aliphatic heterocycles. The molecule has 154 valence electrons. The van der Waals surface area contributed by atoms with Gasteiger partial charge < -0.3 is 10.6 Å². The van der Waals surface area contributed by atoms with E-state index in [1.165, 1.54) is 11.6 Å². The molecule has 0 unspecified atom stereocenters. The third kappa shape index (κ3) is 4.78. The molecule has 1 aromatic heterocycles. The Morgan fingerprint density at radius 2 is 1.77 bits per heavy atom. The van der Waals surface area contributed by atoms with E-state index >= 15 is 0 Å². The standard InChI is InChI=1S/C22H23N5O3/c1-13-8-9-14(2)19(10-13)24-22(30)21-15(3)27(26-25-21)12-20(29)23-18-7-5-6-17(11-18)16(4)28/h5-11H,12H2,1-4H3,(H,23,29)(H,24,30). The van der Waals surface area contributed by atoms with Crippen molar-refractivity contribution in [1.82, 2.24) is 15.0 Å². The quantitative estimate of drug-likeness (QED) is 0.612. The summed E-state index contributed by atoms with van der Waals surface area (Å²) in [5.41, 5.74) is 4.33. The van der Waals surface area contributed by atoms with Gasteiger partial charge in [0, 0.05) is 16.9 Å². The summed E-state index contributed by atoms with van der Waals surface area (Å²) in [7, 11) is 0. The minimum Gasteiger partial charge on any atom is -0.324 e. The van der Waals surface area contributed by atoms with Crippen molar-refractivity contribution in [1.29, 1.82) is 0 Å². The number of hydrogen-bond donors (Lipinski definition) is 2. The molecule has 30 heavy (non-hydrogen) atoms. The number of rotatable bonds is 6. The number of carbonyl (C=O) groups excluding carboxylic acids is 3. The largest absolute Gasteiger partial charge is 0.324 e. The van der Waals surface area contributed by atoms with E-state index in [0.717, 1.165) is 11.1 Å². The van der Waals surface area contributed by atoms with E-state index in [0.29, 0.717) is 22.6 Å². The van der Waals surface area contributed by atoms with Crippen LogP contribution in [0, 0.1) is 20.8 Å². The van der Waals surface area contributed by atoms with Crippen LogP contribution in [0.5, 0.6) is 0 Å². The Kier molecular flexibility index (Phi) is 6.06. The number of ketones is 1. The van der Waals surface area contributed by atoms with Crippen LogP contribution in [0.3, 0.4) is 0 Å². The molecule has 1 heterocycles. The minimum absolute atomic E-state index is 0.0854. The van der Waals surface area contributed by atoms with Crippen molar-refractivity contribution in [2.45, 2.75) is 34.2 Å². The second kappa shape index (κ2) is 8.69. The summed E-state index contributed by atoms with van der Waals surface area (Å²) in [5.74, 6) is -0.815. The molecule has 2 amide bonds. The van der Waals surface area contributed by atoms with Gasteiger partial charge in [-0.1, -0.05) is 29.5 Å². The summed E-state index contributed by atoms with van der Waals surface area (Å²) in [6.45, 7) is 6.89. The maximum absolute atomic E-state index is 12.6. The van der Waals surface area contributed by atoms with Gasteiger partial charge in [-0.2, -0.15) is 0 Å². The topological polar surface area (TPSA) is 106 Å². The van der Waals surface area contributed by atoms with Crippen LogP contribution in [0.2, 0.25) is 0 Å². The van der Waals surface area contributed by atoms with E-state index in [1.807, 2.05) is 32.0 Å². The highest BCUT2D eigenvalue weighted by molar-refractivity contribution is 6.04. The molecular formula is C22H23N5O3. The number of Topliss-reactive ketones (excluding diaryl/α,β-unsaturated/α-hetero) is 1. The van der Waals surface area contributed by atoms with Crippen LogP contribution in [0.25, 0.3) is 0 Å². The van der Waals surface area contributed by atoms with Crippen LogP contribution < -0.4 is 10.6 Å². The Morgan fingerprint density at radius 3 is 2.50 bits per heavy atom. The highest BCUT2D eigenvalue weighted by Gasteiger charge is 2.19. The highest BCUT2D eigenvalue weighted by atomic mass is 16.2. The smallest absolute Gasteiger partial charge is 0.278 e. The number of carbonyl (C=O) groups is 3. The fourth-order valence-electron chi connectivity index (χ4n) is 2.92. The number of nitrogens with one attached hydrogen (secondary N) is 2. The molecule has 8 nitrogen and oxygen atoms in total. The number of anilines is 2. The zero-order chi connectivity index (χ0) is 21.8. The number of nitrogens with zero attached hydrogens (tertiary/aromatic N) is 3. The summed E-state index contributed by atoms with van der Waals surface area (Å²) in [4.78, 5) is 36.5. The Hall–Kier alpha value is -3.81. The predicted molar refractivity (Wildman–Crippen MR) is 114 cm³/mol. The van der Waals surface area contributed by atoms with Crippen molar-refractivity contribution < 1.29 is 14.4 Å². The number of amides is 2. The lowest BCUT2D eigenvalue weighted by Gasteiger charge is -2.09. The van der Waals surface area contributed by atoms with E-state index in [1.54, 1.807) is 31.2 Å². The summed E-state index contributed by atoms with van der Waals surface area (Å²) in [6.07, 6.45) is 0. The van der Waals surface area contributed by atoms with Gasteiger partial charge in [-0.15, -0.1) is 5.10 Å². The molecule has 3 aromatic rings. The van der Waals surface area contributed by atoms with Crippen molar-refractivity contribution in [3.63, 3.8) is 0 Å².